The lowest BCUT2D eigenvalue weighted by atomic mass is 9.78. The van der Waals surface area contributed by atoms with Crippen LogP contribution < -0.4 is 5.46 Å². The zero-order valence-corrected chi connectivity index (χ0v) is 15.2. The molecule has 0 unspecified atom stereocenters. The van der Waals surface area contributed by atoms with Crippen molar-refractivity contribution in [3.63, 3.8) is 0 Å². The van der Waals surface area contributed by atoms with E-state index < -0.39 is 29.7 Å². The lowest BCUT2D eigenvalue weighted by Crippen LogP contribution is -2.41. The maximum atomic E-state index is 14.6. The molecule has 2 aliphatic rings. The van der Waals surface area contributed by atoms with Gasteiger partial charge in [-0.05, 0) is 53.0 Å². The topological polar surface area (TPSA) is 56.5 Å². The summed E-state index contributed by atoms with van der Waals surface area (Å²) in [6, 6.07) is 3.15. The fourth-order valence-corrected chi connectivity index (χ4v) is 3.39. The Hall–Kier alpha value is -1.44. The van der Waals surface area contributed by atoms with Gasteiger partial charge in [-0.25, -0.2) is 4.39 Å². The van der Waals surface area contributed by atoms with Gasteiger partial charge >= 0.3 is 7.12 Å². The van der Waals surface area contributed by atoms with Gasteiger partial charge in [-0.1, -0.05) is 0 Å². The van der Waals surface area contributed by atoms with Gasteiger partial charge in [-0.15, -0.1) is 0 Å². The van der Waals surface area contributed by atoms with Gasteiger partial charge in [0.1, 0.15) is 5.82 Å². The van der Waals surface area contributed by atoms with E-state index in [0.29, 0.717) is 17.5 Å². The minimum Gasteiger partial charge on any atom is -0.399 e. The predicted octanol–water partition coefficient (Wildman–Crippen LogP) is 2.39. The summed E-state index contributed by atoms with van der Waals surface area (Å²) in [5.41, 5.74) is -0.753. The molecular weight excluding hydrogens is 322 g/mol. The number of hydrogen-bond acceptors (Lipinski definition) is 4. The van der Waals surface area contributed by atoms with Crippen LogP contribution in [-0.4, -0.2) is 38.8 Å². The van der Waals surface area contributed by atoms with Crippen molar-refractivity contribution in [3.8, 4) is 0 Å². The van der Waals surface area contributed by atoms with Crippen LogP contribution in [0.25, 0.3) is 10.9 Å². The van der Waals surface area contributed by atoms with Gasteiger partial charge < -0.3 is 14.4 Å². The van der Waals surface area contributed by atoms with Crippen LogP contribution in [0.5, 0.6) is 0 Å². The molecule has 1 saturated carbocycles. The van der Waals surface area contributed by atoms with Crippen LogP contribution in [0.2, 0.25) is 0 Å². The van der Waals surface area contributed by atoms with Gasteiger partial charge in [0.15, 0.2) is 0 Å². The summed E-state index contributed by atoms with van der Waals surface area (Å²) in [4.78, 5) is 0. The SMILES string of the molecule is CC1(C)OB(c2cc3cn(CC4(O)CCC4)nc3cc2F)OC1(C)C. The van der Waals surface area contributed by atoms with Crippen LogP contribution in [-0.2, 0) is 15.9 Å². The minimum atomic E-state index is -0.742. The maximum Gasteiger partial charge on any atom is 0.497 e. The van der Waals surface area contributed by atoms with Crippen molar-refractivity contribution < 1.29 is 18.8 Å². The number of hydrogen-bond donors (Lipinski definition) is 1. The summed E-state index contributed by atoms with van der Waals surface area (Å²) in [6.07, 6.45) is 4.46. The molecular formula is C18H24BFN2O3. The Labute approximate surface area is 147 Å². The van der Waals surface area contributed by atoms with E-state index in [2.05, 4.69) is 5.10 Å². The molecule has 25 heavy (non-hydrogen) atoms. The molecule has 1 aliphatic carbocycles. The van der Waals surface area contributed by atoms with E-state index in [1.165, 1.54) is 6.07 Å². The summed E-state index contributed by atoms with van der Waals surface area (Å²) in [7, 11) is -0.742. The van der Waals surface area contributed by atoms with Crippen molar-refractivity contribution in [2.75, 3.05) is 0 Å². The summed E-state index contributed by atoms with van der Waals surface area (Å²) in [5, 5.41) is 15.5. The van der Waals surface area contributed by atoms with E-state index in [-0.39, 0.29) is 0 Å². The second-order valence-corrected chi connectivity index (χ2v) is 8.43. The minimum absolute atomic E-state index is 0.382. The Morgan fingerprint density at radius 1 is 1.20 bits per heavy atom. The average molecular weight is 346 g/mol. The van der Waals surface area contributed by atoms with Gasteiger partial charge in [-0.3, -0.25) is 4.68 Å². The third-order valence-corrected chi connectivity index (χ3v) is 5.92. The van der Waals surface area contributed by atoms with Gasteiger partial charge in [0.25, 0.3) is 0 Å². The molecule has 0 spiro atoms. The standard InChI is InChI=1S/C18H24BFN2O3/c1-16(2)17(3,4)25-19(24-16)13-8-12-10-22(11-18(23)6-5-7-18)21-15(12)9-14(13)20/h8-10,23H,5-7,11H2,1-4H3. The highest BCUT2D eigenvalue weighted by Crippen LogP contribution is 2.37. The normalized spacial score (nSPS) is 23.8. The highest BCUT2D eigenvalue weighted by molar-refractivity contribution is 6.62. The van der Waals surface area contributed by atoms with Crippen molar-refractivity contribution in [1.82, 2.24) is 9.78 Å². The van der Waals surface area contributed by atoms with E-state index in [0.717, 1.165) is 24.6 Å². The first-order valence-corrected chi connectivity index (χ1v) is 8.83. The van der Waals surface area contributed by atoms with E-state index in [1.54, 1.807) is 10.7 Å². The molecule has 4 rings (SSSR count). The van der Waals surface area contributed by atoms with Crippen LogP contribution in [0, 0.1) is 5.82 Å². The zero-order chi connectivity index (χ0) is 18.0. The van der Waals surface area contributed by atoms with Gasteiger partial charge in [0.05, 0.1) is 28.9 Å². The van der Waals surface area contributed by atoms with E-state index in [4.69, 9.17) is 9.31 Å². The Bertz CT molecular complexity index is 813. The Morgan fingerprint density at radius 3 is 2.40 bits per heavy atom. The van der Waals surface area contributed by atoms with Crippen LogP contribution >= 0.6 is 0 Å². The Kier molecular flexibility index (Phi) is 3.59. The highest BCUT2D eigenvalue weighted by Gasteiger charge is 2.52. The average Bonchev–Trinajstić information content (AvgIpc) is 2.93. The van der Waals surface area contributed by atoms with E-state index >= 15 is 0 Å². The molecule has 1 saturated heterocycles. The van der Waals surface area contributed by atoms with Crippen LogP contribution in [0.4, 0.5) is 4.39 Å². The molecule has 2 aromatic rings. The zero-order valence-electron chi connectivity index (χ0n) is 15.2. The second-order valence-electron chi connectivity index (χ2n) is 8.43. The van der Waals surface area contributed by atoms with E-state index in [1.807, 2.05) is 33.9 Å². The van der Waals surface area contributed by atoms with Gasteiger partial charge in [-0.2, -0.15) is 5.10 Å². The lowest BCUT2D eigenvalue weighted by molar-refractivity contribution is -0.0496. The van der Waals surface area contributed by atoms with Gasteiger partial charge in [0, 0.05) is 23.1 Å². The van der Waals surface area contributed by atoms with Crippen molar-refractivity contribution >= 4 is 23.5 Å². The molecule has 2 heterocycles. The number of benzene rings is 1. The lowest BCUT2D eigenvalue weighted by Gasteiger charge is -2.36. The largest absolute Gasteiger partial charge is 0.497 e. The molecule has 1 aliphatic heterocycles. The van der Waals surface area contributed by atoms with Crippen LogP contribution in [0.3, 0.4) is 0 Å². The monoisotopic (exact) mass is 346 g/mol. The molecule has 1 aromatic carbocycles. The highest BCUT2D eigenvalue weighted by atomic mass is 19.1. The number of rotatable bonds is 3. The van der Waals surface area contributed by atoms with Crippen molar-refractivity contribution in [2.24, 2.45) is 0 Å². The Morgan fingerprint density at radius 2 is 1.84 bits per heavy atom. The fourth-order valence-electron chi connectivity index (χ4n) is 3.39. The fraction of sp³-hybridized carbons (Fsp3) is 0.611. The summed E-state index contributed by atoms with van der Waals surface area (Å²) in [6.45, 7) is 8.22. The third-order valence-electron chi connectivity index (χ3n) is 5.92. The predicted molar refractivity (Wildman–Crippen MR) is 94.2 cm³/mol. The molecule has 1 aromatic heterocycles. The number of aromatic nitrogens is 2. The molecule has 1 N–H and O–H groups in total. The molecule has 0 bridgehead atoms. The van der Waals surface area contributed by atoms with Crippen molar-refractivity contribution in [1.29, 1.82) is 0 Å². The number of nitrogens with zero attached hydrogens (tertiary/aromatic N) is 2. The molecule has 0 radical (unpaired) electrons. The first kappa shape index (κ1) is 17.0. The molecule has 0 atom stereocenters. The van der Waals surface area contributed by atoms with Gasteiger partial charge in [0.2, 0.25) is 0 Å². The van der Waals surface area contributed by atoms with Crippen LogP contribution in [0.1, 0.15) is 47.0 Å². The number of fused-ring (bicyclic) bond motifs is 1. The molecule has 134 valence electrons. The molecule has 0 amide bonds. The molecule has 7 heteroatoms. The summed E-state index contributed by atoms with van der Waals surface area (Å²) < 4.78 is 28.3. The van der Waals surface area contributed by atoms with E-state index in [9.17, 15) is 9.50 Å². The Balaban J connectivity index is 1.65. The van der Waals surface area contributed by atoms with Crippen molar-refractivity contribution in [3.05, 3.63) is 24.1 Å². The molecule has 2 fully saturated rings. The third kappa shape index (κ3) is 2.78. The first-order chi connectivity index (χ1) is 11.6. The molecule has 5 nitrogen and oxygen atoms in total. The summed E-state index contributed by atoms with van der Waals surface area (Å²) in [5.74, 6) is -0.390. The first-order valence-electron chi connectivity index (χ1n) is 8.83. The second kappa shape index (κ2) is 5.28. The maximum absolute atomic E-state index is 14.6. The quantitative estimate of drug-likeness (QED) is 0.867. The van der Waals surface area contributed by atoms with Crippen LogP contribution in [0.15, 0.2) is 18.3 Å². The smallest absolute Gasteiger partial charge is 0.399 e. The summed E-state index contributed by atoms with van der Waals surface area (Å²) >= 11 is 0. The number of aliphatic hydroxyl groups is 1. The van der Waals surface area contributed by atoms with Crippen molar-refractivity contribution in [2.45, 2.75) is 70.3 Å². The number of halogens is 1.